The SMILES string of the molecule is CN(C)C(=O)N1CCN(Cc2ccccn2)C[C@]2(CNC(=O)C2)C1. The second-order valence-corrected chi connectivity index (χ2v) is 7.08. The molecule has 0 bridgehead atoms. The Labute approximate surface area is 142 Å². The van der Waals surface area contributed by atoms with Crippen molar-refractivity contribution in [3.8, 4) is 0 Å². The molecule has 1 atom stereocenters. The molecule has 2 aliphatic heterocycles. The molecule has 7 heteroatoms. The van der Waals surface area contributed by atoms with E-state index in [1.165, 1.54) is 0 Å². The normalized spacial score (nSPS) is 24.8. The summed E-state index contributed by atoms with van der Waals surface area (Å²) < 4.78 is 0. The van der Waals surface area contributed by atoms with E-state index in [9.17, 15) is 9.59 Å². The van der Waals surface area contributed by atoms with Gasteiger partial charge in [0.2, 0.25) is 5.91 Å². The fourth-order valence-corrected chi connectivity index (χ4v) is 3.63. The smallest absolute Gasteiger partial charge is 0.319 e. The molecule has 0 unspecified atom stereocenters. The van der Waals surface area contributed by atoms with Gasteiger partial charge >= 0.3 is 6.03 Å². The topological polar surface area (TPSA) is 68.8 Å². The van der Waals surface area contributed by atoms with Gasteiger partial charge in [-0.15, -0.1) is 0 Å². The average Bonchev–Trinajstić information content (AvgIpc) is 2.81. The lowest BCUT2D eigenvalue weighted by Gasteiger charge is -2.33. The number of hydrogen-bond donors (Lipinski definition) is 1. The molecule has 0 saturated carbocycles. The number of rotatable bonds is 2. The second-order valence-electron chi connectivity index (χ2n) is 7.08. The van der Waals surface area contributed by atoms with E-state index in [4.69, 9.17) is 0 Å². The van der Waals surface area contributed by atoms with Gasteiger partial charge in [0.15, 0.2) is 0 Å². The number of urea groups is 1. The Morgan fingerprint density at radius 1 is 1.33 bits per heavy atom. The molecule has 1 spiro atoms. The molecule has 1 aromatic rings. The summed E-state index contributed by atoms with van der Waals surface area (Å²) in [7, 11) is 3.53. The Morgan fingerprint density at radius 3 is 2.79 bits per heavy atom. The molecular weight excluding hydrogens is 306 g/mol. The number of nitrogens with one attached hydrogen (secondary N) is 1. The van der Waals surface area contributed by atoms with E-state index in [-0.39, 0.29) is 17.4 Å². The minimum absolute atomic E-state index is 0.00779. The standard InChI is InChI=1S/C17H25N5O2/c1-20(2)16(24)22-8-7-21(10-14-5-3-4-6-18-14)12-17(13-22)9-15(23)19-11-17/h3-6H,7-13H2,1-2H3,(H,19,23)/t17-/m0/s1. The molecule has 2 aliphatic rings. The van der Waals surface area contributed by atoms with Crippen LogP contribution in [-0.4, -0.2) is 78.4 Å². The first kappa shape index (κ1) is 16.7. The summed E-state index contributed by atoms with van der Waals surface area (Å²) in [6, 6.07) is 5.91. The number of hydrogen-bond acceptors (Lipinski definition) is 4. The van der Waals surface area contributed by atoms with Crippen molar-refractivity contribution in [2.24, 2.45) is 5.41 Å². The van der Waals surface area contributed by atoms with Crippen molar-refractivity contribution in [1.82, 2.24) is 25.0 Å². The highest BCUT2D eigenvalue weighted by Gasteiger charge is 2.44. The number of aromatic nitrogens is 1. The summed E-state index contributed by atoms with van der Waals surface area (Å²) in [6.45, 7) is 4.22. The van der Waals surface area contributed by atoms with E-state index in [0.717, 1.165) is 25.3 Å². The molecular formula is C17H25N5O2. The summed E-state index contributed by atoms with van der Waals surface area (Å²) in [6.07, 6.45) is 2.27. The Balaban J connectivity index is 1.78. The van der Waals surface area contributed by atoms with E-state index in [1.807, 2.05) is 23.1 Å². The largest absolute Gasteiger partial charge is 0.355 e. The molecule has 0 radical (unpaired) electrons. The zero-order valence-electron chi connectivity index (χ0n) is 14.4. The van der Waals surface area contributed by atoms with Crippen LogP contribution >= 0.6 is 0 Å². The molecule has 24 heavy (non-hydrogen) atoms. The van der Waals surface area contributed by atoms with Gasteiger partial charge in [0.1, 0.15) is 0 Å². The van der Waals surface area contributed by atoms with Crippen LogP contribution in [0.4, 0.5) is 4.79 Å². The molecule has 0 aromatic carbocycles. The molecule has 1 aromatic heterocycles. The van der Waals surface area contributed by atoms with Crippen molar-refractivity contribution in [2.45, 2.75) is 13.0 Å². The first-order valence-corrected chi connectivity index (χ1v) is 8.33. The van der Waals surface area contributed by atoms with E-state index >= 15 is 0 Å². The van der Waals surface area contributed by atoms with Gasteiger partial charge < -0.3 is 15.1 Å². The first-order valence-electron chi connectivity index (χ1n) is 8.33. The highest BCUT2D eigenvalue weighted by molar-refractivity contribution is 5.80. The van der Waals surface area contributed by atoms with Gasteiger partial charge in [0.25, 0.3) is 0 Å². The van der Waals surface area contributed by atoms with Gasteiger partial charge in [-0.2, -0.15) is 0 Å². The van der Waals surface area contributed by atoms with E-state index < -0.39 is 0 Å². The average molecular weight is 331 g/mol. The third-order valence-electron chi connectivity index (χ3n) is 4.73. The number of nitrogens with zero attached hydrogens (tertiary/aromatic N) is 4. The fourth-order valence-electron chi connectivity index (χ4n) is 3.63. The molecule has 0 aliphatic carbocycles. The molecule has 2 saturated heterocycles. The predicted octanol–water partition coefficient (Wildman–Crippen LogP) is 0.387. The lowest BCUT2D eigenvalue weighted by Crippen LogP contribution is -2.47. The van der Waals surface area contributed by atoms with Crippen LogP contribution in [0.25, 0.3) is 0 Å². The highest BCUT2D eigenvalue weighted by Crippen LogP contribution is 2.31. The summed E-state index contributed by atoms with van der Waals surface area (Å²) in [5, 5.41) is 2.95. The Kier molecular flexibility index (Phi) is 4.71. The fraction of sp³-hybridized carbons (Fsp3) is 0.588. The lowest BCUT2D eigenvalue weighted by molar-refractivity contribution is -0.119. The maximum atomic E-state index is 12.5. The molecule has 130 valence electrons. The zero-order chi connectivity index (χ0) is 17.2. The van der Waals surface area contributed by atoms with E-state index in [1.54, 1.807) is 25.2 Å². The van der Waals surface area contributed by atoms with Gasteiger partial charge in [0.05, 0.1) is 5.69 Å². The predicted molar refractivity (Wildman–Crippen MR) is 90.2 cm³/mol. The molecule has 3 heterocycles. The van der Waals surface area contributed by atoms with Gasteiger partial charge in [-0.1, -0.05) is 6.07 Å². The van der Waals surface area contributed by atoms with Gasteiger partial charge in [-0.05, 0) is 12.1 Å². The molecule has 2 fully saturated rings. The van der Waals surface area contributed by atoms with Crippen molar-refractivity contribution in [3.63, 3.8) is 0 Å². The monoisotopic (exact) mass is 331 g/mol. The van der Waals surface area contributed by atoms with Crippen LogP contribution in [0.1, 0.15) is 12.1 Å². The van der Waals surface area contributed by atoms with Crippen LogP contribution in [0, 0.1) is 5.41 Å². The number of carbonyl (C=O) groups excluding carboxylic acids is 2. The number of amides is 3. The lowest BCUT2D eigenvalue weighted by atomic mass is 9.86. The van der Waals surface area contributed by atoms with Crippen molar-refractivity contribution in [3.05, 3.63) is 30.1 Å². The van der Waals surface area contributed by atoms with Crippen molar-refractivity contribution < 1.29 is 9.59 Å². The highest BCUT2D eigenvalue weighted by atomic mass is 16.2. The quantitative estimate of drug-likeness (QED) is 0.851. The molecule has 1 N–H and O–H groups in total. The van der Waals surface area contributed by atoms with E-state index in [0.29, 0.717) is 26.1 Å². The third kappa shape index (κ3) is 3.67. The van der Waals surface area contributed by atoms with Crippen LogP contribution in [0.5, 0.6) is 0 Å². The van der Waals surface area contributed by atoms with Crippen molar-refractivity contribution >= 4 is 11.9 Å². The summed E-state index contributed by atoms with van der Waals surface area (Å²) in [5.74, 6) is 0.0759. The zero-order valence-corrected chi connectivity index (χ0v) is 14.4. The maximum Gasteiger partial charge on any atom is 0.319 e. The minimum atomic E-state index is -0.214. The van der Waals surface area contributed by atoms with Crippen LogP contribution in [0.15, 0.2) is 24.4 Å². The number of pyridine rings is 1. The summed E-state index contributed by atoms with van der Waals surface area (Å²) >= 11 is 0. The molecule has 3 rings (SSSR count). The van der Waals surface area contributed by atoms with Gasteiger partial charge in [-0.25, -0.2) is 4.79 Å². The summed E-state index contributed by atoms with van der Waals surface area (Å²) in [4.78, 5) is 34.5. The summed E-state index contributed by atoms with van der Waals surface area (Å²) in [5.41, 5.74) is 0.797. The third-order valence-corrected chi connectivity index (χ3v) is 4.73. The molecule has 7 nitrogen and oxygen atoms in total. The van der Waals surface area contributed by atoms with Crippen LogP contribution in [-0.2, 0) is 11.3 Å². The van der Waals surface area contributed by atoms with Crippen LogP contribution in [0.2, 0.25) is 0 Å². The van der Waals surface area contributed by atoms with Gasteiger partial charge in [0, 0.05) is 71.4 Å². The van der Waals surface area contributed by atoms with Crippen molar-refractivity contribution in [2.75, 3.05) is 46.8 Å². The van der Waals surface area contributed by atoms with Crippen LogP contribution < -0.4 is 5.32 Å². The maximum absolute atomic E-state index is 12.5. The molecule has 3 amide bonds. The van der Waals surface area contributed by atoms with E-state index in [2.05, 4.69) is 15.2 Å². The second kappa shape index (κ2) is 6.76. The minimum Gasteiger partial charge on any atom is -0.355 e. The number of carbonyl (C=O) groups is 2. The Morgan fingerprint density at radius 2 is 2.17 bits per heavy atom. The van der Waals surface area contributed by atoms with Crippen LogP contribution in [0.3, 0.4) is 0 Å². The Hall–Kier alpha value is -2.15. The van der Waals surface area contributed by atoms with Gasteiger partial charge in [-0.3, -0.25) is 14.7 Å². The first-order chi connectivity index (χ1) is 11.5. The van der Waals surface area contributed by atoms with Crippen molar-refractivity contribution in [1.29, 1.82) is 0 Å². The Bertz CT molecular complexity index is 606.